The number of rotatable bonds is 2. The molecule has 1 aliphatic carbocycles. The molecule has 194 valence electrons. The molecule has 0 bridgehead atoms. The molecule has 1 aliphatic rings. The molecule has 0 fully saturated rings. The first-order valence-corrected chi connectivity index (χ1v) is 14.5. The molecule has 42 heavy (non-hydrogen) atoms. The number of benzene rings is 7. The van der Waals surface area contributed by atoms with E-state index in [0.29, 0.717) is 0 Å². The molecule has 7 aromatic carbocycles. The minimum atomic E-state index is 1.17. The Hall–Kier alpha value is -5.60. The Labute approximate surface area is 242 Å². The van der Waals surface area contributed by atoms with Gasteiger partial charge in [-0.3, -0.25) is 0 Å². The molecular formula is C40H24N2. The molecule has 0 spiro atoms. The van der Waals surface area contributed by atoms with Gasteiger partial charge in [-0.1, -0.05) is 103 Å². The monoisotopic (exact) mass is 532 g/mol. The van der Waals surface area contributed by atoms with Gasteiger partial charge in [0.25, 0.3) is 0 Å². The lowest BCUT2D eigenvalue weighted by Gasteiger charge is -2.14. The molecule has 0 N–H and O–H groups in total. The first-order valence-electron chi connectivity index (χ1n) is 14.5. The molecular weight excluding hydrogens is 508 g/mol. The second-order valence-corrected chi connectivity index (χ2v) is 11.3. The predicted octanol–water partition coefficient (Wildman–Crippen LogP) is 10.7. The minimum absolute atomic E-state index is 1.17. The van der Waals surface area contributed by atoms with Crippen molar-refractivity contribution in [3.05, 3.63) is 146 Å². The van der Waals surface area contributed by atoms with Crippen LogP contribution in [0.5, 0.6) is 0 Å². The molecule has 0 atom stereocenters. The normalized spacial score (nSPS) is 12.3. The highest BCUT2D eigenvalue weighted by Crippen LogP contribution is 2.49. The van der Waals surface area contributed by atoms with E-state index in [1.54, 1.807) is 0 Å². The van der Waals surface area contributed by atoms with Gasteiger partial charge in [0.1, 0.15) is 0 Å². The van der Waals surface area contributed by atoms with Crippen LogP contribution in [0.15, 0.2) is 146 Å². The molecule has 0 aliphatic heterocycles. The van der Waals surface area contributed by atoms with Crippen LogP contribution in [-0.2, 0) is 0 Å². The number of nitrogens with zero attached hydrogens (tertiary/aromatic N) is 2. The van der Waals surface area contributed by atoms with Crippen LogP contribution in [0.2, 0.25) is 0 Å². The highest BCUT2D eigenvalue weighted by molar-refractivity contribution is 6.30. The molecule has 2 aromatic heterocycles. The Morgan fingerprint density at radius 3 is 1.79 bits per heavy atom. The Morgan fingerprint density at radius 2 is 0.929 bits per heavy atom. The third-order valence-corrected chi connectivity index (χ3v) is 9.24. The molecule has 9 aromatic rings. The lowest BCUT2D eigenvalue weighted by Crippen LogP contribution is -1.97. The van der Waals surface area contributed by atoms with Crippen molar-refractivity contribution in [1.82, 2.24) is 9.13 Å². The summed E-state index contributed by atoms with van der Waals surface area (Å²) in [7, 11) is 0. The topological polar surface area (TPSA) is 9.86 Å². The molecule has 10 rings (SSSR count). The van der Waals surface area contributed by atoms with Gasteiger partial charge in [0, 0.05) is 32.9 Å². The maximum absolute atomic E-state index is 2.48. The van der Waals surface area contributed by atoms with E-state index < -0.39 is 0 Å². The van der Waals surface area contributed by atoms with Crippen molar-refractivity contribution in [2.45, 2.75) is 0 Å². The lowest BCUT2D eigenvalue weighted by molar-refractivity contribution is 1.15. The highest BCUT2D eigenvalue weighted by Gasteiger charge is 2.24. The summed E-state index contributed by atoms with van der Waals surface area (Å²) in [5.74, 6) is 0. The van der Waals surface area contributed by atoms with Crippen LogP contribution in [0.1, 0.15) is 0 Å². The molecule has 0 unspecified atom stereocenters. The molecule has 0 saturated heterocycles. The van der Waals surface area contributed by atoms with Gasteiger partial charge in [-0.15, -0.1) is 0 Å². The summed E-state index contributed by atoms with van der Waals surface area (Å²) in [4.78, 5) is 0. The molecule has 0 radical (unpaired) electrons. The lowest BCUT2D eigenvalue weighted by atomic mass is 9.93. The van der Waals surface area contributed by atoms with Crippen LogP contribution < -0.4 is 0 Å². The summed E-state index contributed by atoms with van der Waals surface area (Å²) in [6, 6.07) is 53.5. The zero-order valence-electron chi connectivity index (χ0n) is 22.8. The number of para-hydroxylation sites is 2. The number of hydrogen-bond donors (Lipinski definition) is 0. The van der Waals surface area contributed by atoms with E-state index in [-0.39, 0.29) is 0 Å². The fourth-order valence-electron chi connectivity index (χ4n) is 7.56. The summed E-state index contributed by atoms with van der Waals surface area (Å²) < 4.78 is 4.88. The zero-order valence-corrected chi connectivity index (χ0v) is 22.8. The van der Waals surface area contributed by atoms with E-state index in [1.807, 2.05) is 0 Å². The van der Waals surface area contributed by atoms with Crippen molar-refractivity contribution in [2.24, 2.45) is 0 Å². The second-order valence-electron chi connectivity index (χ2n) is 11.3. The van der Waals surface area contributed by atoms with Crippen LogP contribution in [0.3, 0.4) is 0 Å². The fraction of sp³-hybridized carbons (Fsp3) is 0. The third kappa shape index (κ3) is 2.74. The first kappa shape index (κ1) is 22.1. The van der Waals surface area contributed by atoms with Crippen molar-refractivity contribution in [1.29, 1.82) is 0 Å². The summed E-state index contributed by atoms with van der Waals surface area (Å²) in [6.07, 6.45) is 0. The SMILES string of the molecule is c1ccc(-n2c3ccccc3c3ccc(-n4c5cccc6c5c5c7c(cccc7ccc54)-c4ccccc4-6)cc32)cc1. The van der Waals surface area contributed by atoms with E-state index in [2.05, 4.69) is 155 Å². The van der Waals surface area contributed by atoms with Crippen LogP contribution in [0, 0.1) is 0 Å². The van der Waals surface area contributed by atoms with Crippen LogP contribution in [0.4, 0.5) is 0 Å². The maximum Gasteiger partial charge on any atom is 0.0561 e. The van der Waals surface area contributed by atoms with Gasteiger partial charge in [-0.25, -0.2) is 0 Å². The molecule has 2 heteroatoms. The van der Waals surface area contributed by atoms with E-state index in [4.69, 9.17) is 0 Å². The fourth-order valence-corrected chi connectivity index (χ4v) is 7.56. The second kappa shape index (κ2) is 7.99. The van der Waals surface area contributed by atoms with E-state index >= 15 is 0 Å². The third-order valence-electron chi connectivity index (χ3n) is 9.24. The summed E-state index contributed by atoms with van der Waals surface area (Å²) >= 11 is 0. The standard InChI is InChI=1S/C40H24N2/c1-2-11-26(12-3-1)41-34-18-7-6-15-30(34)31-22-21-27(24-37(31)41)42-35-19-9-17-33-29-14-5-4-13-28(29)32-16-8-10-25-20-23-36(42)40(38(25)32)39(33)35/h1-24H. The number of hydrogen-bond acceptors (Lipinski definition) is 0. The quantitative estimate of drug-likeness (QED) is 0.210. The number of fused-ring (bicyclic) bond motifs is 6. The zero-order chi connectivity index (χ0) is 27.4. The minimum Gasteiger partial charge on any atom is -0.309 e. The smallest absolute Gasteiger partial charge is 0.0561 e. The largest absolute Gasteiger partial charge is 0.309 e. The van der Waals surface area contributed by atoms with Gasteiger partial charge in [0.05, 0.1) is 22.1 Å². The van der Waals surface area contributed by atoms with Gasteiger partial charge in [0.2, 0.25) is 0 Å². The summed E-state index contributed by atoms with van der Waals surface area (Å²) in [6.45, 7) is 0. The van der Waals surface area contributed by atoms with E-state index in [1.165, 1.54) is 88.0 Å². The van der Waals surface area contributed by atoms with Crippen molar-refractivity contribution < 1.29 is 0 Å². The van der Waals surface area contributed by atoms with Gasteiger partial charge in [0.15, 0.2) is 0 Å². The van der Waals surface area contributed by atoms with Crippen molar-refractivity contribution in [3.63, 3.8) is 0 Å². The molecule has 2 heterocycles. The van der Waals surface area contributed by atoms with Gasteiger partial charge >= 0.3 is 0 Å². The maximum atomic E-state index is 2.48. The Morgan fingerprint density at radius 1 is 0.310 bits per heavy atom. The van der Waals surface area contributed by atoms with E-state index in [0.717, 1.165) is 0 Å². The van der Waals surface area contributed by atoms with Crippen molar-refractivity contribution >= 4 is 54.4 Å². The van der Waals surface area contributed by atoms with Gasteiger partial charge in [-0.05, 0) is 75.5 Å². The molecule has 0 saturated carbocycles. The summed E-state index contributed by atoms with van der Waals surface area (Å²) in [5.41, 5.74) is 12.5. The molecule has 2 nitrogen and oxygen atoms in total. The highest BCUT2D eigenvalue weighted by atomic mass is 15.0. The van der Waals surface area contributed by atoms with Crippen LogP contribution >= 0.6 is 0 Å². The predicted molar refractivity (Wildman–Crippen MR) is 177 cm³/mol. The van der Waals surface area contributed by atoms with Crippen LogP contribution in [-0.4, -0.2) is 9.13 Å². The van der Waals surface area contributed by atoms with Gasteiger partial charge in [-0.2, -0.15) is 0 Å². The number of aromatic nitrogens is 2. The van der Waals surface area contributed by atoms with Crippen molar-refractivity contribution in [2.75, 3.05) is 0 Å². The Kier molecular flexibility index (Phi) is 4.21. The van der Waals surface area contributed by atoms with Crippen molar-refractivity contribution in [3.8, 4) is 33.6 Å². The first-order chi connectivity index (χ1) is 20.9. The Balaban J connectivity index is 1.38. The Bertz CT molecular complexity index is 2560. The average molecular weight is 533 g/mol. The summed E-state index contributed by atoms with van der Waals surface area (Å²) in [5, 5.41) is 7.84. The average Bonchev–Trinajstić information content (AvgIpc) is 3.53. The van der Waals surface area contributed by atoms with E-state index in [9.17, 15) is 0 Å². The van der Waals surface area contributed by atoms with Gasteiger partial charge < -0.3 is 9.13 Å². The van der Waals surface area contributed by atoms with Crippen LogP contribution in [0.25, 0.3) is 88.0 Å². The molecule has 0 amide bonds.